The second kappa shape index (κ2) is 5.39. The first-order valence-electron chi connectivity index (χ1n) is 5.64. The number of aromatic nitrogens is 2. The van der Waals surface area contributed by atoms with Gasteiger partial charge < -0.3 is 10.3 Å². The van der Waals surface area contributed by atoms with Crippen molar-refractivity contribution in [2.45, 2.75) is 25.3 Å². The molecule has 0 unspecified atom stereocenters. The van der Waals surface area contributed by atoms with E-state index < -0.39 is 10.0 Å². The van der Waals surface area contributed by atoms with E-state index in [0.29, 0.717) is 17.1 Å². The summed E-state index contributed by atoms with van der Waals surface area (Å²) in [6.07, 6.45) is 0. The van der Waals surface area contributed by atoms with Crippen LogP contribution in [0.15, 0.2) is 21.6 Å². The lowest BCUT2D eigenvalue weighted by Crippen LogP contribution is -2.24. The SMILES string of the molecule is Cc1noc(CNS(=O)(=O)c2cc(Cl)cc(N)c2C)n1. The maximum atomic E-state index is 12.2. The van der Waals surface area contributed by atoms with Crippen LogP contribution < -0.4 is 10.5 Å². The summed E-state index contributed by atoms with van der Waals surface area (Å²) < 4.78 is 31.6. The Morgan fingerprint density at radius 1 is 1.40 bits per heavy atom. The molecule has 9 heteroatoms. The van der Waals surface area contributed by atoms with Crippen molar-refractivity contribution >= 4 is 27.3 Å². The third kappa shape index (κ3) is 3.09. The number of anilines is 1. The Bertz CT molecular complexity index is 742. The molecule has 0 aliphatic carbocycles. The summed E-state index contributed by atoms with van der Waals surface area (Å²) in [5.74, 6) is 0.612. The van der Waals surface area contributed by atoms with Crippen LogP contribution in [0.5, 0.6) is 0 Å². The van der Waals surface area contributed by atoms with Crippen LogP contribution >= 0.6 is 11.6 Å². The number of rotatable bonds is 4. The number of halogens is 1. The van der Waals surface area contributed by atoms with Crippen LogP contribution in [0.4, 0.5) is 5.69 Å². The predicted octanol–water partition coefficient (Wildman–Crippen LogP) is 1.40. The van der Waals surface area contributed by atoms with E-state index in [9.17, 15) is 8.42 Å². The average molecular weight is 317 g/mol. The molecule has 0 saturated carbocycles. The summed E-state index contributed by atoms with van der Waals surface area (Å²) in [6.45, 7) is 3.15. The van der Waals surface area contributed by atoms with Gasteiger partial charge in [0.15, 0.2) is 5.82 Å². The normalized spacial score (nSPS) is 11.8. The maximum absolute atomic E-state index is 12.2. The minimum absolute atomic E-state index is 0.0266. The van der Waals surface area contributed by atoms with Crippen molar-refractivity contribution in [3.05, 3.63) is 34.4 Å². The van der Waals surface area contributed by atoms with Gasteiger partial charge in [0.05, 0.1) is 11.4 Å². The minimum atomic E-state index is -3.77. The highest BCUT2D eigenvalue weighted by Crippen LogP contribution is 2.25. The van der Waals surface area contributed by atoms with Gasteiger partial charge in [0.1, 0.15) is 0 Å². The van der Waals surface area contributed by atoms with Gasteiger partial charge in [-0.25, -0.2) is 13.1 Å². The van der Waals surface area contributed by atoms with Gasteiger partial charge in [-0.3, -0.25) is 0 Å². The van der Waals surface area contributed by atoms with E-state index >= 15 is 0 Å². The molecule has 2 rings (SSSR count). The van der Waals surface area contributed by atoms with Crippen molar-refractivity contribution in [3.63, 3.8) is 0 Å². The van der Waals surface area contributed by atoms with Crippen molar-refractivity contribution in [2.24, 2.45) is 0 Å². The van der Waals surface area contributed by atoms with E-state index in [0.717, 1.165) is 0 Å². The molecule has 0 fully saturated rings. The number of nitrogen functional groups attached to an aromatic ring is 1. The lowest BCUT2D eigenvalue weighted by Gasteiger charge is -2.10. The van der Waals surface area contributed by atoms with E-state index in [-0.39, 0.29) is 22.4 Å². The summed E-state index contributed by atoms with van der Waals surface area (Å²) in [5.41, 5.74) is 6.46. The number of sulfonamides is 1. The van der Waals surface area contributed by atoms with Gasteiger partial charge in [0, 0.05) is 10.7 Å². The summed E-state index contributed by atoms with van der Waals surface area (Å²) in [4.78, 5) is 3.94. The molecule has 3 N–H and O–H groups in total. The van der Waals surface area contributed by atoms with Crippen LogP contribution in [0.1, 0.15) is 17.3 Å². The number of nitrogens with one attached hydrogen (secondary N) is 1. The average Bonchev–Trinajstić information content (AvgIpc) is 2.77. The number of benzene rings is 1. The van der Waals surface area contributed by atoms with Crippen molar-refractivity contribution < 1.29 is 12.9 Å². The molecule has 0 aliphatic heterocycles. The minimum Gasteiger partial charge on any atom is -0.398 e. The highest BCUT2D eigenvalue weighted by Gasteiger charge is 2.20. The Labute approximate surface area is 121 Å². The first kappa shape index (κ1) is 14.8. The standard InChI is InChI=1S/C11H13ClN4O3S/c1-6-9(13)3-8(12)4-10(6)20(17,18)14-5-11-15-7(2)16-19-11/h3-4,14H,5,13H2,1-2H3. The van der Waals surface area contributed by atoms with Crippen LogP contribution in [-0.4, -0.2) is 18.6 Å². The summed E-state index contributed by atoms with van der Waals surface area (Å²) in [6, 6.07) is 2.84. The second-order valence-electron chi connectivity index (χ2n) is 4.18. The molecule has 1 aromatic carbocycles. The molecule has 108 valence electrons. The van der Waals surface area contributed by atoms with E-state index in [2.05, 4.69) is 14.9 Å². The zero-order valence-corrected chi connectivity index (χ0v) is 12.4. The molecule has 1 heterocycles. The van der Waals surface area contributed by atoms with Crippen LogP contribution in [0.3, 0.4) is 0 Å². The Hall–Kier alpha value is -1.64. The van der Waals surface area contributed by atoms with Crippen LogP contribution in [0, 0.1) is 13.8 Å². The first-order chi connectivity index (χ1) is 9.29. The molecule has 0 atom stereocenters. The van der Waals surface area contributed by atoms with Crippen LogP contribution in [0.25, 0.3) is 0 Å². The monoisotopic (exact) mass is 316 g/mol. The molecule has 7 nitrogen and oxygen atoms in total. The molecular weight excluding hydrogens is 304 g/mol. The van der Waals surface area contributed by atoms with E-state index in [1.807, 2.05) is 0 Å². The number of aryl methyl sites for hydroxylation is 1. The van der Waals surface area contributed by atoms with Gasteiger partial charge in [0.25, 0.3) is 0 Å². The number of nitrogens with two attached hydrogens (primary N) is 1. The number of hydrogen-bond donors (Lipinski definition) is 2. The first-order valence-corrected chi connectivity index (χ1v) is 7.50. The maximum Gasteiger partial charge on any atom is 0.241 e. The molecular formula is C11H13ClN4O3S. The van der Waals surface area contributed by atoms with Gasteiger partial charge in [-0.05, 0) is 31.5 Å². The Kier molecular flexibility index (Phi) is 3.98. The van der Waals surface area contributed by atoms with Crippen molar-refractivity contribution in [1.29, 1.82) is 0 Å². The molecule has 0 amide bonds. The van der Waals surface area contributed by atoms with E-state index in [1.54, 1.807) is 13.8 Å². The van der Waals surface area contributed by atoms with Crippen molar-refractivity contribution in [2.75, 3.05) is 5.73 Å². The number of nitrogens with zero attached hydrogens (tertiary/aromatic N) is 2. The van der Waals surface area contributed by atoms with Gasteiger partial charge in [-0.1, -0.05) is 16.8 Å². The lowest BCUT2D eigenvalue weighted by molar-refractivity contribution is 0.372. The van der Waals surface area contributed by atoms with Gasteiger partial charge in [-0.2, -0.15) is 4.98 Å². The van der Waals surface area contributed by atoms with Gasteiger partial charge >= 0.3 is 0 Å². The highest BCUT2D eigenvalue weighted by atomic mass is 35.5. The van der Waals surface area contributed by atoms with Crippen LogP contribution in [0.2, 0.25) is 5.02 Å². The Morgan fingerprint density at radius 3 is 2.70 bits per heavy atom. The fourth-order valence-electron chi connectivity index (χ4n) is 1.60. The third-order valence-electron chi connectivity index (χ3n) is 2.64. The fraction of sp³-hybridized carbons (Fsp3) is 0.273. The fourth-order valence-corrected chi connectivity index (χ4v) is 3.16. The summed E-state index contributed by atoms with van der Waals surface area (Å²) in [7, 11) is -3.77. The van der Waals surface area contributed by atoms with E-state index in [1.165, 1.54) is 12.1 Å². The topological polar surface area (TPSA) is 111 Å². The van der Waals surface area contributed by atoms with E-state index in [4.69, 9.17) is 21.9 Å². The number of hydrogen-bond acceptors (Lipinski definition) is 6. The van der Waals surface area contributed by atoms with Crippen molar-refractivity contribution in [3.8, 4) is 0 Å². The summed E-state index contributed by atoms with van der Waals surface area (Å²) >= 11 is 5.84. The lowest BCUT2D eigenvalue weighted by atomic mass is 10.2. The zero-order chi connectivity index (χ0) is 14.9. The highest BCUT2D eigenvalue weighted by molar-refractivity contribution is 7.89. The zero-order valence-electron chi connectivity index (χ0n) is 10.8. The molecule has 2 aromatic rings. The largest absolute Gasteiger partial charge is 0.398 e. The Morgan fingerprint density at radius 2 is 2.10 bits per heavy atom. The third-order valence-corrected chi connectivity index (χ3v) is 4.38. The molecule has 0 spiro atoms. The molecule has 20 heavy (non-hydrogen) atoms. The second-order valence-corrected chi connectivity index (χ2v) is 6.35. The van der Waals surface area contributed by atoms with Gasteiger partial charge in [-0.15, -0.1) is 0 Å². The predicted molar refractivity (Wildman–Crippen MR) is 73.7 cm³/mol. The summed E-state index contributed by atoms with van der Waals surface area (Å²) in [5, 5.41) is 3.83. The molecule has 1 aromatic heterocycles. The molecule has 0 saturated heterocycles. The molecule has 0 bridgehead atoms. The van der Waals surface area contributed by atoms with Crippen LogP contribution in [-0.2, 0) is 16.6 Å². The quantitative estimate of drug-likeness (QED) is 0.825. The Balaban J connectivity index is 2.27. The smallest absolute Gasteiger partial charge is 0.241 e. The molecule has 0 aliphatic rings. The van der Waals surface area contributed by atoms with Gasteiger partial charge in [0.2, 0.25) is 15.9 Å². The van der Waals surface area contributed by atoms with Crippen molar-refractivity contribution in [1.82, 2.24) is 14.9 Å². The molecule has 0 radical (unpaired) electrons.